The number of rotatable bonds is 10. The Morgan fingerprint density at radius 3 is 2.48 bits per heavy atom. The Balaban J connectivity index is 0.00000272. The summed E-state index contributed by atoms with van der Waals surface area (Å²) in [5.41, 5.74) is 0.611. The van der Waals surface area contributed by atoms with E-state index in [1.165, 1.54) is 18.7 Å². The van der Waals surface area contributed by atoms with Gasteiger partial charge in [-0.2, -0.15) is 0 Å². The normalized spacial score (nSPS) is 20.2. The van der Waals surface area contributed by atoms with Gasteiger partial charge in [-0.1, -0.05) is 30.3 Å². The monoisotopic (exact) mass is 514 g/mol. The number of carboxylic acid groups (broad SMARTS) is 1. The molecule has 0 radical (unpaired) electrons. The summed E-state index contributed by atoms with van der Waals surface area (Å²) in [5.74, 6) is -2.90. The second-order valence-corrected chi connectivity index (χ2v) is 9.33. The second-order valence-electron chi connectivity index (χ2n) is 7.14. The number of nitrogens with zero attached hydrogens (tertiary/aromatic N) is 1. The van der Waals surface area contributed by atoms with Crippen LogP contribution in [0, 0.1) is 5.92 Å². The van der Waals surface area contributed by atoms with Crippen molar-refractivity contribution in [2.45, 2.75) is 31.9 Å². The molecule has 10 nitrogen and oxygen atoms in total. The topological polar surface area (TPSA) is 156 Å². The summed E-state index contributed by atoms with van der Waals surface area (Å²) < 4.78 is 36.8. The van der Waals surface area contributed by atoms with Crippen molar-refractivity contribution in [2.75, 3.05) is 12.3 Å². The summed E-state index contributed by atoms with van der Waals surface area (Å²) in [6, 6.07) is 8.58. The van der Waals surface area contributed by atoms with E-state index >= 15 is 0 Å². The van der Waals surface area contributed by atoms with Crippen LogP contribution in [0.1, 0.15) is 18.9 Å². The van der Waals surface area contributed by atoms with E-state index in [2.05, 4.69) is 9.50 Å². The molecule has 0 aromatic heterocycles. The van der Waals surface area contributed by atoms with Crippen molar-refractivity contribution in [3.05, 3.63) is 46.5 Å². The Hall–Kier alpha value is -0.410. The smallest absolute Gasteiger partial charge is 0.726 e. The third-order valence-electron chi connectivity index (χ3n) is 5.05. The minimum Gasteiger partial charge on any atom is -0.726 e. The predicted octanol–water partition coefficient (Wildman–Crippen LogP) is -6.86. The molecule has 0 spiro atoms. The van der Waals surface area contributed by atoms with E-state index in [4.69, 9.17) is 0 Å². The van der Waals surface area contributed by atoms with Crippen molar-refractivity contribution in [3.63, 3.8) is 0 Å². The summed E-state index contributed by atoms with van der Waals surface area (Å²) in [6.45, 7) is 1.57. The van der Waals surface area contributed by atoms with E-state index in [1.807, 2.05) is 30.3 Å². The zero-order valence-electron chi connectivity index (χ0n) is 18.5. The maximum atomic E-state index is 12.4. The van der Waals surface area contributed by atoms with Crippen LogP contribution < -0.4 is 69.5 Å². The van der Waals surface area contributed by atoms with Crippen LogP contribution in [0.4, 0.5) is 0 Å². The molecule has 3 rings (SSSR count). The molecule has 14 heteroatoms. The molecule has 2 heterocycles. The van der Waals surface area contributed by atoms with Crippen molar-refractivity contribution in [3.8, 4) is 0 Å². The van der Waals surface area contributed by atoms with Gasteiger partial charge in [-0.05, 0) is 12.5 Å². The van der Waals surface area contributed by atoms with Gasteiger partial charge in [0.15, 0.2) is 0 Å². The minimum atomic E-state index is -5.00. The van der Waals surface area contributed by atoms with E-state index in [1.54, 1.807) is 0 Å². The predicted molar refractivity (Wildman–Crippen MR) is 107 cm³/mol. The maximum absolute atomic E-state index is 12.4. The number of hydrogen-bond acceptors (Lipinski definition) is 9. The van der Waals surface area contributed by atoms with Gasteiger partial charge in [0, 0.05) is 23.6 Å². The van der Waals surface area contributed by atoms with Crippen LogP contribution in [-0.4, -0.2) is 60.1 Å². The van der Waals surface area contributed by atoms with Crippen LogP contribution in [0.25, 0.3) is 0 Å². The Bertz CT molecular complexity index is 1020. The third kappa shape index (κ3) is 7.79. The fourth-order valence-electron chi connectivity index (χ4n) is 3.79. The van der Waals surface area contributed by atoms with E-state index < -0.39 is 40.3 Å². The van der Waals surface area contributed by atoms with E-state index in [0.717, 1.165) is 10.5 Å². The fraction of sp³-hybridized carbons (Fsp3) is 0.421. The maximum Gasteiger partial charge on any atom is 1.00 e. The number of thioether (sulfide) groups is 1. The first kappa shape index (κ1) is 30.6. The number of carboxylic acids is 1. The molecule has 3 atom stereocenters. The Morgan fingerprint density at radius 2 is 1.91 bits per heavy atom. The molecule has 1 aromatic rings. The van der Waals surface area contributed by atoms with Gasteiger partial charge in [0.2, 0.25) is 22.2 Å². The number of aliphatic carboxylic acids is 1. The SMILES string of the molecule is C[C@H](OS(=O)(=O)[O-])[C@@H]1C(=O)N2C(C(=O)[O-])=C(SCCNC(=O)Cc3ccccc3)C[C@H]12.[Na+].[Na+]. The number of nitrogens with one attached hydrogen (secondary N) is 1. The van der Waals surface area contributed by atoms with E-state index in [0.29, 0.717) is 10.7 Å². The zero-order chi connectivity index (χ0) is 22.8. The van der Waals surface area contributed by atoms with Gasteiger partial charge in [0.1, 0.15) is 0 Å². The van der Waals surface area contributed by atoms with Crippen molar-refractivity contribution in [1.82, 2.24) is 10.2 Å². The van der Waals surface area contributed by atoms with E-state index in [-0.39, 0.29) is 90.1 Å². The van der Waals surface area contributed by atoms with Crippen LogP contribution in [0.2, 0.25) is 0 Å². The molecule has 1 fully saturated rings. The third-order valence-corrected chi connectivity index (χ3v) is 6.70. The van der Waals surface area contributed by atoms with Crippen LogP contribution in [0.15, 0.2) is 40.9 Å². The first-order valence-electron chi connectivity index (χ1n) is 9.43. The molecule has 0 saturated carbocycles. The summed E-state index contributed by atoms with van der Waals surface area (Å²) in [5, 5.41) is 14.3. The summed E-state index contributed by atoms with van der Waals surface area (Å²) in [4.78, 5) is 37.4. The first-order chi connectivity index (χ1) is 14.6. The number of fused-ring (bicyclic) bond motifs is 1. The molecular weight excluding hydrogens is 494 g/mol. The van der Waals surface area contributed by atoms with Gasteiger partial charge in [-0.25, -0.2) is 8.42 Å². The average molecular weight is 514 g/mol. The first-order valence-corrected chi connectivity index (χ1v) is 11.8. The number of β-lactam (4-membered cyclic amide) rings is 1. The van der Waals surface area contributed by atoms with Crippen LogP contribution in [0.3, 0.4) is 0 Å². The van der Waals surface area contributed by atoms with Crippen molar-refractivity contribution >= 4 is 39.9 Å². The fourth-order valence-corrected chi connectivity index (χ4v) is 5.34. The molecule has 0 unspecified atom stereocenters. The zero-order valence-corrected chi connectivity index (χ0v) is 24.1. The molecule has 2 aliphatic heterocycles. The molecule has 0 bridgehead atoms. The number of carbonyl (C=O) groups is 3. The van der Waals surface area contributed by atoms with Gasteiger partial charge in [0.05, 0.1) is 36.2 Å². The van der Waals surface area contributed by atoms with Gasteiger partial charge < -0.3 is 24.7 Å². The van der Waals surface area contributed by atoms with Gasteiger partial charge in [-0.15, -0.1) is 11.8 Å². The molecule has 33 heavy (non-hydrogen) atoms. The average Bonchev–Trinajstić information content (AvgIpc) is 2.99. The Kier molecular flexibility index (Phi) is 12.1. The van der Waals surface area contributed by atoms with Crippen molar-refractivity contribution < 1.29 is 95.8 Å². The number of hydrogen-bond donors (Lipinski definition) is 1. The van der Waals surface area contributed by atoms with Gasteiger partial charge in [0.25, 0.3) is 0 Å². The molecule has 1 saturated heterocycles. The quantitative estimate of drug-likeness (QED) is 0.105. The molecule has 168 valence electrons. The van der Waals surface area contributed by atoms with Crippen LogP contribution >= 0.6 is 11.8 Å². The summed E-state index contributed by atoms with van der Waals surface area (Å²) in [7, 11) is -5.00. The summed E-state index contributed by atoms with van der Waals surface area (Å²) in [6.07, 6.45) is -0.805. The van der Waals surface area contributed by atoms with Crippen LogP contribution in [0.5, 0.6) is 0 Å². The second kappa shape index (κ2) is 13.1. The summed E-state index contributed by atoms with van der Waals surface area (Å²) >= 11 is 1.17. The van der Waals surface area contributed by atoms with Gasteiger partial charge >= 0.3 is 59.1 Å². The molecular formula is C19H20N2Na2O8S2. The largest absolute Gasteiger partial charge is 1.00 e. The minimum absolute atomic E-state index is 0. The molecule has 2 amide bonds. The molecule has 2 aliphatic rings. The van der Waals surface area contributed by atoms with Crippen LogP contribution in [-0.2, 0) is 35.4 Å². The van der Waals surface area contributed by atoms with E-state index in [9.17, 15) is 32.5 Å². The molecule has 1 aromatic carbocycles. The standard InChI is InChI=1S/C19H22N2O8S2.2Na/c1-11(29-31(26,27)28)16-13-10-14(17(19(24)25)21(13)18(16)23)30-8-7-20-15(22)9-12-5-3-2-4-6-12;;/h2-6,11,13,16H,7-10H2,1H3,(H,20,22)(H,24,25)(H,26,27,28);;/q;2*+1/p-2/t11-,13+,16-;;/m0../s1. The van der Waals surface area contributed by atoms with Crippen molar-refractivity contribution in [2.24, 2.45) is 5.92 Å². The number of amides is 2. The molecule has 1 N–H and O–H groups in total. The number of benzene rings is 1. The van der Waals surface area contributed by atoms with Gasteiger partial charge in [-0.3, -0.25) is 13.8 Å². The number of carbonyl (C=O) groups excluding carboxylic acids is 3. The molecule has 0 aliphatic carbocycles. The Morgan fingerprint density at radius 1 is 1.27 bits per heavy atom. The van der Waals surface area contributed by atoms with Crippen molar-refractivity contribution in [1.29, 1.82) is 0 Å². The Labute approximate surface area is 240 Å².